The lowest BCUT2D eigenvalue weighted by atomic mass is 9.98. The fourth-order valence-corrected chi connectivity index (χ4v) is 2.96. The van der Waals surface area contributed by atoms with Gasteiger partial charge in [-0.3, -0.25) is 14.4 Å². The van der Waals surface area contributed by atoms with Crippen LogP contribution in [0.3, 0.4) is 0 Å². The van der Waals surface area contributed by atoms with Gasteiger partial charge in [-0.2, -0.15) is 0 Å². The van der Waals surface area contributed by atoms with Crippen LogP contribution in [0.1, 0.15) is 15.9 Å². The van der Waals surface area contributed by atoms with Crippen LogP contribution in [0.15, 0.2) is 59.9 Å². The van der Waals surface area contributed by atoms with Gasteiger partial charge in [0.15, 0.2) is 5.76 Å². The van der Waals surface area contributed by atoms with Crippen molar-refractivity contribution < 1.29 is 19.5 Å². The van der Waals surface area contributed by atoms with Crippen molar-refractivity contribution in [1.29, 1.82) is 0 Å². The summed E-state index contributed by atoms with van der Waals surface area (Å²) >= 11 is 0. The maximum Gasteiger partial charge on any atom is 0.289 e. The van der Waals surface area contributed by atoms with E-state index >= 15 is 0 Å². The van der Waals surface area contributed by atoms with Gasteiger partial charge < -0.3 is 21.1 Å². The van der Waals surface area contributed by atoms with Crippen LogP contribution in [0.4, 0.5) is 0 Å². The minimum atomic E-state index is -0.565. The SMILES string of the molecule is CN1CC(C(=O)NCc2cccc(-c3ccccc3C(N)=O)c2)=C(O)C1=O. The number of amides is 3. The average Bonchev–Trinajstić information content (AvgIpc) is 2.93. The first-order valence-corrected chi connectivity index (χ1v) is 8.32. The number of benzene rings is 2. The molecule has 138 valence electrons. The number of nitrogens with two attached hydrogens (primary N) is 1. The highest BCUT2D eigenvalue weighted by Crippen LogP contribution is 2.24. The highest BCUT2D eigenvalue weighted by molar-refractivity contribution is 6.06. The molecule has 4 N–H and O–H groups in total. The molecule has 0 bridgehead atoms. The monoisotopic (exact) mass is 365 g/mol. The van der Waals surface area contributed by atoms with Crippen LogP contribution in [0, 0.1) is 0 Å². The molecule has 7 nitrogen and oxygen atoms in total. The van der Waals surface area contributed by atoms with E-state index in [4.69, 9.17) is 5.73 Å². The molecule has 2 aromatic rings. The molecule has 0 radical (unpaired) electrons. The summed E-state index contributed by atoms with van der Waals surface area (Å²) in [6.45, 7) is 0.280. The summed E-state index contributed by atoms with van der Waals surface area (Å²) < 4.78 is 0. The highest BCUT2D eigenvalue weighted by Gasteiger charge is 2.31. The van der Waals surface area contributed by atoms with Crippen molar-refractivity contribution in [3.05, 3.63) is 71.0 Å². The normalized spacial score (nSPS) is 13.8. The van der Waals surface area contributed by atoms with Crippen LogP contribution in [-0.4, -0.2) is 41.3 Å². The standard InChI is InChI=1S/C20H19N3O4/c1-23-11-16(17(24)20(23)27)19(26)22-10-12-5-4-6-13(9-12)14-7-2-3-8-15(14)18(21)25/h2-9,24H,10-11H2,1H3,(H2,21,25)(H,22,26). The zero-order chi connectivity index (χ0) is 19.6. The molecule has 27 heavy (non-hydrogen) atoms. The molecule has 3 amide bonds. The quantitative estimate of drug-likeness (QED) is 0.742. The van der Waals surface area contributed by atoms with E-state index in [1.54, 1.807) is 18.2 Å². The minimum Gasteiger partial charge on any atom is -0.503 e. The molecule has 0 atom stereocenters. The molecule has 0 fully saturated rings. The van der Waals surface area contributed by atoms with Crippen molar-refractivity contribution in [1.82, 2.24) is 10.2 Å². The Morgan fingerprint density at radius 2 is 1.93 bits per heavy atom. The molecule has 1 aliphatic rings. The number of carbonyl (C=O) groups is 3. The van der Waals surface area contributed by atoms with E-state index in [1.165, 1.54) is 11.9 Å². The third-order valence-corrected chi connectivity index (χ3v) is 4.39. The molecule has 0 spiro atoms. The topological polar surface area (TPSA) is 113 Å². The Bertz CT molecular complexity index is 965. The van der Waals surface area contributed by atoms with Gasteiger partial charge in [-0.15, -0.1) is 0 Å². The van der Waals surface area contributed by atoms with Crippen LogP contribution in [0.2, 0.25) is 0 Å². The lowest BCUT2D eigenvalue weighted by molar-refractivity contribution is -0.126. The Morgan fingerprint density at radius 1 is 1.19 bits per heavy atom. The van der Waals surface area contributed by atoms with Gasteiger partial charge >= 0.3 is 0 Å². The number of likely N-dealkylation sites (N-methyl/N-ethyl adjacent to an activating group) is 1. The zero-order valence-corrected chi connectivity index (χ0v) is 14.7. The summed E-state index contributed by atoms with van der Waals surface area (Å²) in [6, 6.07) is 14.4. The number of nitrogens with zero attached hydrogens (tertiary/aromatic N) is 1. The van der Waals surface area contributed by atoms with Gasteiger partial charge in [0.25, 0.3) is 11.8 Å². The molecular formula is C20H19N3O4. The number of primary amides is 1. The maximum atomic E-state index is 12.2. The molecule has 7 heteroatoms. The predicted octanol–water partition coefficient (Wildman–Crippen LogP) is 1.35. The van der Waals surface area contributed by atoms with E-state index in [2.05, 4.69) is 5.32 Å². The Morgan fingerprint density at radius 3 is 2.59 bits per heavy atom. The van der Waals surface area contributed by atoms with Gasteiger partial charge in [0.2, 0.25) is 5.91 Å². The number of hydrogen-bond acceptors (Lipinski definition) is 4. The van der Waals surface area contributed by atoms with Crippen LogP contribution in [-0.2, 0) is 16.1 Å². The summed E-state index contributed by atoms with van der Waals surface area (Å²) in [5.41, 5.74) is 8.22. The third-order valence-electron chi connectivity index (χ3n) is 4.39. The lowest BCUT2D eigenvalue weighted by Crippen LogP contribution is -2.27. The molecule has 3 rings (SSSR count). The van der Waals surface area contributed by atoms with Crippen LogP contribution in [0.5, 0.6) is 0 Å². The summed E-state index contributed by atoms with van der Waals surface area (Å²) in [7, 11) is 1.51. The van der Waals surface area contributed by atoms with Gasteiger partial charge in [0.1, 0.15) is 0 Å². The van der Waals surface area contributed by atoms with Gasteiger partial charge in [-0.1, -0.05) is 36.4 Å². The predicted molar refractivity (Wildman–Crippen MR) is 99.5 cm³/mol. The Labute approximate surface area is 156 Å². The molecule has 1 heterocycles. The zero-order valence-electron chi connectivity index (χ0n) is 14.7. The smallest absolute Gasteiger partial charge is 0.289 e. The van der Waals surface area contributed by atoms with Crippen molar-refractivity contribution in [3.63, 3.8) is 0 Å². The molecule has 0 aromatic heterocycles. The van der Waals surface area contributed by atoms with Gasteiger partial charge in [-0.25, -0.2) is 0 Å². The summed E-state index contributed by atoms with van der Waals surface area (Å²) in [5.74, 6) is -2.08. The first-order valence-electron chi connectivity index (χ1n) is 8.32. The molecule has 0 aliphatic carbocycles. The van der Waals surface area contributed by atoms with Crippen molar-refractivity contribution in [2.45, 2.75) is 6.54 Å². The van der Waals surface area contributed by atoms with Crippen molar-refractivity contribution >= 4 is 17.7 Å². The van der Waals surface area contributed by atoms with Crippen molar-refractivity contribution in [2.75, 3.05) is 13.6 Å². The second-order valence-electron chi connectivity index (χ2n) is 6.28. The average molecular weight is 365 g/mol. The first-order chi connectivity index (χ1) is 12.9. The van der Waals surface area contributed by atoms with E-state index < -0.39 is 23.5 Å². The van der Waals surface area contributed by atoms with Crippen LogP contribution < -0.4 is 11.1 Å². The second-order valence-corrected chi connectivity index (χ2v) is 6.28. The number of hydrogen-bond donors (Lipinski definition) is 3. The molecule has 0 saturated heterocycles. The fraction of sp³-hybridized carbons (Fsp3) is 0.150. The number of aliphatic hydroxyl groups is 1. The van der Waals surface area contributed by atoms with E-state index in [1.807, 2.05) is 30.3 Å². The largest absolute Gasteiger partial charge is 0.503 e. The van der Waals surface area contributed by atoms with Crippen LogP contribution >= 0.6 is 0 Å². The second kappa shape index (κ2) is 7.33. The summed E-state index contributed by atoms with van der Waals surface area (Å²) in [4.78, 5) is 36.7. The Balaban J connectivity index is 1.77. The molecule has 0 unspecified atom stereocenters. The molecule has 1 aliphatic heterocycles. The highest BCUT2D eigenvalue weighted by atomic mass is 16.3. The van der Waals surface area contributed by atoms with Crippen molar-refractivity contribution in [3.8, 4) is 11.1 Å². The minimum absolute atomic E-state index is 0.0535. The van der Waals surface area contributed by atoms with Crippen molar-refractivity contribution in [2.24, 2.45) is 5.73 Å². The number of carbonyl (C=O) groups excluding carboxylic acids is 3. The van der Waals surface area contributed by atoms with Gasteiger partial charge in [0.05, 0.1) is 12.1 Å². The number of nitrogens with one attached hydrogen (secondary N) is 1. The first kappa shape index (κ1) is 18.2. The Kier molecular flexibility index (Phi) is 4.94. The third kappa shape index (κ3) is 3.67. The molecule has 0 saturated carbocycles. The van der Waals surface area contributed by atoms with E-state index in [0.29, 0.717) is 11.1 Å². The molecule has 2 aromatic carbocycles. The van der Waals surface area contributed by atoms with Crippen LogP contribution in [0.25, 0.3) is 11.1 Å². The van der Waals surface area contributed by atoms with Gasteiger partial charge in [-0.05, 0) is 28.8 Å². The Hall–Kier alpha value is -3.61. The number of rotatable bonds is 5. The lowest BCUT2D eigenvalue weighted by Gasteiger charge is -2.10. The van der Waals surface area contributed by atoms with Gasteiger partial charge in [0, 0.05) is 19.2 Å². The van der Waals surface area contributed by atoms with E-state index in [9.17, 15) is 19.5 Å². The summed E-state index contributed by atoms with van der Waals surface area (Å²) in [6.07, 6.45) is 0. The van der Waals surface area contributed by atoms with E-state index in [-0.39, 0.29) is 18.7 Å². The molecular weight excluding hydrogens is 346 g/mol. The summed E-state index contributed by atoms with van der Waals surface area (Å²) in [5, 5.41) is 12.5. The maximum absolute atomic E-state index is 12.2. The van der Waals surface area contributed by atoms with E-state index in [0.717, 1.165) is 11.1 Å². The number of aliphatic hydroxyl groups excluding tert-OH is 1. The fourth-order valence-electron chi connectivity index (χ4n) is 2.96.